The third kappa shape index (κ3) is 4.08. The van der Waals surface area contributed by atoms with Crippen LogP contribution >= 0.6 is 0 Å². The number of benzene rings is 3. The summed E-state index contributed by atoms with van der Waals surface area (Å²) in [4.78, 5) is 17.1. The van der Waals surface area contributed by atoms with E-state index in [-0.39, 0.29) is 5.91 Å². The van der Waals surface area contributed by atoms with E-state index < -0.39 is 0 Å². The topological polar surface area (TPSA) is 72.9 Å². The molecule has 5 rings (SSSR count). The van der Waals surface area contributed by atoms with Gasteiger partial charge in [0, 0.05) is 19.0 Å². The van der Waals surface area contributed by atoms with Crippen LogP contribution in [0.2, 0.25) is 0 Å². The van der Waals surface area contributed by atoms with Gasteiger partial charge in [-0.25, -0.2) is 10.8 Å². The van der Waals surface area contributed by atoms with Gasteiger partial charge in [-0.05, 0) is 64.8 Å². The minimum Gasteiger partial charge on any atom is -0.323 e. The molecule has 5 heteroatoms. The van der Waals surface area contributed by atoms with Gasteiger partial charge in [-0.2, -0.15) is 0 Å². The molecule has 3 N–H and O–H groups in total. The van der Waals surface area contributed by atoms with Gasteiger partial charge in [-0.3, -0.25) is 10.2 Å². The summed E-state index contributed by atoms with van der Waals surface area (Å²) in [6.07, 6.45) is 5.49. The SMILES string of the molecule is CCCc1nc2ccccc2n1Cc1ccc2c(c1)CCc1ccccc1C2=CC(=O)NN. The van der Waals surface area contributed by atoms with Crippen molar-refractivity contribution < 1.29 is 4.79 Å². The molecule has 1 aromatic heterocycles. The van der Waals surface area contributed by atoms with Crippen LogP contribution < -0.4 is 11.3 Å². The molecule has 0 unspecified atom stereocenters. The van der Waals surface area contributed by atoms with Crippen molar-refractivity contribution in [1.29, 1.82) is 0 Å². The smallest absolute Gasteiger partial charge is 0.258 e. The van der Waals surface area contributed by atoms with E-state index in [0.29, 0.717) is 0 Å². The summed E-state index contributed by atoms with van der Waals surface area (Å²) in [7, 11) is 0. The lowest BCUT2D eigenvalue weighted by atomic mass is 9.92. The van der Waals surface area contributed by atoms with Gasteiger partial charge in [-0.1, -0.05) is 61.5 Å². The van der Waals surface area contributed by atoms with Crippen LogP contribution in [0.1, 0.15) is 47.0 Å². The Hall–Kier alpha value is -3.70. The van der Waals surface area contributed by atoms with Gasteiger partial charge < -0.3 is 4.57 Å². The van der Waals surface area contributed by atoms with Gasteiger partial charge >= 0.3 is 0 Å². The quantitative estimate of drug-likeness (QED) is 0.209. The Bertz CT molecular complexity index is 1370. The van der Waals surface area contributed by atoms with Gasteiger partial charge in [0.2, 0.25) is 0 Å². The highest BCUT2D eigenvalue weighted by molar-refractivity contribution is 6.00. The van der Waals surface area contributed by atoms with Crippen LogP contribution in [0.3, 0.4) is 0 Å². The molecule has 0 bridgehead atoms. The first-order valence-corrected chi connectivity index (χ1v) is 11.5. The number of rotatable bonds is 5. The highest BCUT2D eigenvalue weighted by Crippen LogP contribution is 2.34. The fraction of sp³-hybridized carbons (Fsp3) is 0.214. The van der Waals surface area contributed by atoms with E-state index in [1.54, 1.807) is 6.08 Å². The molecular weight excluding hydrogens is 408 g/mol. The zero-order valence-electron chi connectivity index (χ0n) is 18.8. The van der Waals surface area contributed by atoms with Crippen molar-refractivity contribution in [3.05, 3.63) is 106 Å². The third-order valence-electron chi connectivity index (χ3n) is 6.40. The van der Waals surface area contributed by atoms with Gasteiger partial charge in [-0.15, -0.1) is 0 Å². The molecule has 0 saturated heterocycles. The summed E-state index contributed by atoms with van der Waals surface area (Å²) >= 11 is 0. The van der Waals surface area contributed by atoms with Gasteiger partial charge in [0.1, 0.15) is 5.82 Å². The van der Waals surface area contributed by atoms with Crippen molar-refractivity contribution in [2.75, 3.05) is 0 Å². The Kier molecular flexibility index (Phi) is 5.80. The first kappa shape index (κ1) is 21.2. The number of fused-ring (bicyclic) bond motifs is 3. The molecule has 1 heterocycles. The predicted octanol–water partition coefficient (Wildman–Crippen LogP) is 4.56. The first-order chi connectivity index (χ1) is 16.2. The van der Waals surface area contributed by atoms with Crippen molar-refractivity contribution in [2.45, 2.75) is 39.2 Å². The second-order valence-corrected chi connectivity index (χ2v) is 8.57. The number of amides is 1. The molecule has 166 valence electrons. The summed E-state index contributed by atoms with van der Waals surface area (Å²) in [5.41, 5.74) is 11.3. The molecule has 0 atom stereocenters. The minimum absolute atomic E-state index is 0.300. The number of aryl methyl sites for hydroxylation is 3. The zero-order valence-corrected chi connectivity index (χ0v) is 18.8. The van der Waals surface area contributed by atoms with E-state index in [4.69, 9.17) is 10.8 Å². The largest absolute Gasteiger partial charge is 0.323 e. The molecule has 1 aliphatic rings. The summed E-state index contributed by atoms with van der Waals surface area (Å²) in [5.74, 6) is 6.23. The fourth-order valence-electron chi connectivity index (χ4n) is 4.86. The number of carbonyl (C=O) groups excluding carboxylic acids is 1. The van der Waals surface area contributed by atoms with E-state index in [2.05, 4.69) is 71.5 Å². The molecule has 0 aliphatic heterocycles. The maximum Gasteiger partial charge on any atom is 0.258 e. The Morgan fingerprint density at radius 2 is 1.79 bits per heavy atom. The van der Waals surface area contributed by atoms with Crippen molar-refractivity contribution in [3.8, 4) is 0 Å². The number of hydrazine groups is 1. The Morgan fingerprint density at radius 1 is 1.03 bits per heavy atom. The van der Waals surface area contributed by atoms with Crippen LogP contribution in [0.25, 0.3) is 16.6 Å². The number of nitrogens with zero attached hydrogens (tertiary/aromatic N) is 2. The summed E-state index contributed by atoms with van der Waals surface area (Å²) in [6.45, 7) is 2.97. The van der Waals surface area contributed by atoms with E-state index in [0.717, 1.165) is 60.3 Å². The summed E-state index contributed by atoms with van der Waals surface area (Å²) in [5, 5.41) is 0. The summed E-state index contributed by atoms with van der Waals surface area (Å²) < 4.78 is 2.34. The molecule has 1 amide bonds. The maximum absolute atomic E-state index is 12.2. The first-order valence-electron chi connectivity index (χ1n) is 11.5. The number of hydrogen-bond acceptors (Lipinski definition) is 3. The normalized spacial score (nSPS) is 14.1. The number of nitrogens with two attached hydrogens (primary N) is 1. The molecule has 0 fully saturated rings. The van der Waals surface area contributed by atoms with Gasteiger partial charge in [0.25, 0.3) is 5.91 Å². The standard InChI is InChI=1S/C28H28N4O/c1-2-7-27-30-25-10-5-6-11-26(25)32(27)18-19-12-15-23-21(16-19)14-13-20-8-3-4-9-22(20)24(23)17-28(33)31-29/h3-6,8-12,15-17H,2,7,13-14,18,29H2,1H3,(H,31,33). The molecule has 0 saturated carbocycles. The molecule has 4 aromatic rings. The Morgan fingerprint density at radius 3 is 2.64 bits per heavy atom. The van der Waals surface area contributed by atoms with Crippen LogP contribution in [-0.4, -0.2) is 15.5 Å². The highest BCUT2D eigenvalue weighted by Gasteiger charge is 2.20. The lowest BCUT2D eigenvalue weighted by Crippen LogP contribution is -2.28. The Balaban J connectivity index is 1.57. The molecule has 33 heavy (non-hydrogen) atoms. The average molecular weight is 437 g/mol. The Labute approximate surface area is 193 Å². The minimum atomic E-state index is -0.300. The molecule has 3 aromatic carbocycles. The number of imidazole rings is 1. The van der Waals surface area contributed by atoms with Crippen LogP contribution in [0, 0.1) is 0 Å². The molecular formula is C28H28N4O. The second kappa shape index (κ2) is 9.04. The van der Waals surface area contributed by atoms with Crippen LogP contribution in [-0.2, 0) is 30.6 Å². The van der Waals surface area contributed by atoms with E-state index in [1.165, 1.54) is 22.2 Å². The lowest BCUT2D eigenvalue weighted by molar-refractivity contribution is -0.116. The maximum atomic E-state index is 12.2. The van der Waals surface area contributed by atoms with Crippen LogP contribution in [0.15, 0.2) is 72.8 Å². The lowest BCUT2D eigenvalue weighted by Gasteiger charge is -2.14. The van der Waals surface area contributed by atoms with E-state index in [9.17, 15) is 4.79 Å². The molecule has 5 nitrogen and oxygen atoms in total. The van der Waals surface area contributed by atoms with Crippen molar-refractivity contribution in [2.24, 2.45) is 5.84 Å². The highest BCUT2D eigenvalue weighted by atomic mass is 16.2. The third-order valence-corrected chi connectivity index (χ3v) is 6.40. The number of para-hydroxylation sites is 2. The molecule has 0 radical (unpaired) electrons. The zero-order chi connectivity index (χ0) is 22.8. The molecule has 0 spiro atoms. The number of aromatic nitrogens is 2. The number of hydrogen-bond donors (Lipinski definition) is 2. The van der Waals surface area contributed by atoms with Crippen molar-refractivity contribution >= 4 is 22.5 Å². The van der Waals surface area contributed by atoms with Crippen LogP contribution in [0.4, 0.5) is 0 Å². The number of nitrogens with one attached hydrogen (secondary N) is 1. The fourth-order valence-corrected chi connectivity index (χ4v) is 4.86. The van der Waals surface area contributed by atoms with Gasteiger partial charge in [0.15, 0.2) is 0 Å². The predicted molar refractivity (Wildman–Crippen MR) is 133 cm³/mol. The van der Waals surface area contributed by atoms with E-state index in [1.807, 2.05) is 12.1 Å². The number of carbonyl (C=O) groups is 1. The van der Waals surface area contributed by atoms with Gasteiger partial charge in [0.05, 0.1) is 11.0 Å². The molecule has 1 aliphatic carbocycles. The summed E-state index contributed by atoms with van der Waals surface area (Å²) in [6, 6.07) is 23.3. The van der Waals surface area contributed by atoms with Crippen molar-refractivity contribution in [1.82, 2.24) is 15.0 Å². The monoisotopic (exact) mass is 436 g/mol. The average Bonchev–Trinajstić information content (AvgIpc) is 3.10. The van der Waals surface area contributed by atoms with Crippen molar-refractivity contribution in [3.63, 3.8) is 0 Å². The second-order valence-electron chi connectivity index (χ2n) is 8.57. The van der Waals surface area contributed by atoms with Crippen LogP contribution in [0.5, 0.6) is 0 Å². The van der Waals surface area contributed by atoms with E-state index >= 15 is 0 Å².